The zero-order valence-electron chi connectivity index (χ0n) is 12.6. The molecule has 7 heteroatoms. The van der Waals surface area contributed by atoms with Gasteiger partial charge in [0.2, 0.25) is 0 Å². The molecule has 0 radical (unpaired) electrons. The maximum absolute atomic E-state index is 14.0. The molecule has 0 aliphatic heterocycles. The summed E-state index contributed by atoms with van der Waals surface area (Å²) < 4.78 is 54.1. The zero-order valence-corrected chi connectivity index (χ0v) is 12.6. The van der Waals surface area contributed by atoms with E-state index in [9.17, 15) is 27.5 Å². The summed E-state index contributed by atoms with van der Waals surface area (Å²) in [7, 11) is 0. The van der Waals surface area contributed by atoms with Crippen LogP contribution in [0.4, 0.5) is 17.6 Å². The van der Waals surface area contributed by atoms with Crippen LogP contribution in [-0.4, -0.2) is 29.2 Å². The zero-order chi connectivity index (χ0) is 17.4. The SMILES string of the molecule is C[C@H](N[C@H](c1ccccc1)C(F)(F)F)[C@@]1(C)C(=O)C(O)C=C1F. The van der Waals surface area contributed by atoms with Gasteiger partial charge in [0, 0.05) is 6.04 Å². The van der Waals surface area contributed by atoms with Crippen molar-refractivity contribution < 1.29 is 27.5 Å². The predicted octanol–water partition coefficient (Wildman–Crippen LogP) is 3.07. The fraction of sp³-hybridized carbons (Fsp3) is 0.438. The third-order valence-corrected chi connectivity index (χ3v) is 4.32. The molecule has 0 bridgehead atoms. The number of aliphatic hydroxyl groups is 1. The van der Waals surface area contributed by atoms with E-state index in [1.165, 1.54) is 38.1 Å². The summed E-state index contributed by atoms with van der Waals surface area (Å²) in [5.74, 6) is -1.78. The van der Waals surface area contributed by atoms with Crippen molar-refractivity contribution >= 4 is 5.78 Å². The summed E-state index contributed by atoms with van der Waals surface area (Å²) >= 11 is 0. The second-order valence-electron chi connectivity index (χ2n) is 5.80. The number of carbonyl (C=O) groups is 1. The first kappa shape index (κ1) is 17.6. The van der Waals surface area contributed by atoms with Crippen molar-refractivity contribution in [3.63, 3.8) is 0 Å². The maximum Gasteiger partial charge on any atom is 0.407 e. The highest BCUT2D eigenvalue weighted by molar-refractivity contribution is 5.96. The number of alkyl halides is 3. The van der Waals surface area contributed by atoms with Gasteiger partial charge in [-0.1, -0.05) is 30.3 Å². The Morgan fingerprint density at radius 2 is 1.83 bits per heavy atom. The molecule has 0 heterocycles. The molecule has 2 N–H and O–H groups in total. The molecule has 0 saturated heterocycles. The first-order valence-electron chi connectivity index (χ1n) is 7.06. The second-order valence-corrected chi connectivity index (χ2v) is 5.80. The Morgan fingerprint density at radius 3 is 2.26 bits per heavy atom. The Hall–Kier alpha value is -1.73. The molecule has 1 aliphatic rings. The molecule has 2 rings (SSSR count). The van der Waals surface area contributed by atoms with Crippen LogP contribution in [0, 0.1) is 5.41 Å². The average Bonchev–Trinajstić information content (AvgIpc) is 2.68. The third-order valence-electron chi connectivity index (χ3n) is 4.32. The minimum absolute atomic E-state index is 0.0363. The summed E-state index contributed by atoms with van der Waals surface area (Å²) in [5.41, 5.74) is -1.87. The Morgan fingerprint density at radius 1 is 1.26 bits per heavy atom. The van der Waals surface area contributed by atoms with Gasteiger partial charge in [0.25, 0.3) is 0 Å². The van der Waals surface area contributed by atoms with E-state index in [1.807, 2.05) is 0 Å². The summed E-state index contributed by atoms with van der Waals surface area (Å²) in [4.78, 5) is 12.0. The highest BCUT2D eigenvalue weighted by Crippen LogP contribution is 2.42. The molecule has 4 atom stereocenters. The molecule has 1 aromatic rings. The van der Waals surface area contributed by atoms with E-state index in [0.717, 1.165) is 6.08 Å². The Bertz CT molecular complexity index is 614. The Balaban J connectivity index is 2.31. The Kier molecular flexibility index (Phi) is 4.64. The van der Waals surface area contributed by atoms with Crippen molar-refractivity contribution in [2.24, 2.45) is 5.41 Å². The van der Waals surface area contributed by atoms with Crippen LogP contribution in [0.1, 0.15) is 25.5 Å². The summed E-state index contributed by atoms with van der Waals surface area (Å²) in [5, 5.41) is 11.7. The van der Waals surface area contributed by atoms with Crippen molar-refractivity contribution in [2.75, 3.05) is 0 Å². The van der Waals surface area contributed by atoms with Crippen LogP contribution in [0.15, 0.2) is 42.2 Å². The van der Waals surface area contributed by atoms with Gasteiger partial charge in [-0.2, -0.15) is 13.2 Å². The van der Waals surface area contributed by atoms with Crippen molar-refractivity contribution in [3.8, 4) is 0 Å². The number of Topliss-reactive ketones (excluding diaryl/α,β-unsaturated/α-hetero) is 1. The molecule has 1 aliphatic carbocycles. The highest BCUT2D eigenvalue weighted by atomic mass is 19.4. The number of hydrogen-bond acceptors (Lipinski definition) is 3. The number of carbonyl (C=O) groups excluding carboxylic acids is 1. The molecule has 23 heavy (non-hydrogen) atoms. The lowest BCUT2D eigenvalue weighted by Crippen LogP contribution is -2.51. The van der Waals surface area contributed by atoms with Crippen molar-refractivity contribution in [1.82, 2.24) is 5.32 Å². The molecule has 0 amide bonds. The fourth-order valence-corrected chi connectivity index (χ4v) is 2.67. The number of halogens is 4. The minimum Gasteiger partial charge on any atom is -0.381 e. The van der Waals surface area contributed by atoms with Gasteiger partial charge in [0.1, 0.15) is 18.0 Å². The lowest BCUT2D eigenvalue weighted by Gasteiger charge is -2.34. The number of aliphatic hydroxyl groups excluding tert-OH is 1. The van der Waals surface area contributed by atoms with Crippen molar-refractivity contribution in [2.45, 2.75) is 38.2 Å². The fourth-order valence-electron chi connectivity index (χ4n) is 2.67. The van der Waals surface area contributed by atoms with Gasteiger partial charge in [-0.05, 0) is 25.5 Å². The number of benzene rings is 1. The summed E-state index contributed by atoms with van der Waals surface area (Å²) in [6.07, 6.45) is -5.52. The van der Waals surface area contributed by atoms with Crippen molar-refractivity contribution in [3.05, 3.63) is 47.8 Å². The van der Waals surface area contributed by atoms with Gasteiger partial charge in [-0.3, -0.25) is 10.1 Å². The molecular weight excluding hydrogens is 314 g/mol. The van der Waals surface area contributed by atoms with Gasteiger partial charge in [0.15, 0.2) is 5.78 Å². The molecule has 1 aromatic carbocycles. The lowest BCUT2D eigenvalue weighted by molar-refractivity contribution is -0.162. The van der Waals surface area contributed by atoms with E-state index in [2.05, 4.69) is 5.32 Å². The topological polar surface area (TPSA) is 49.3 Å². The van der Waals surface area contributed by atoms with Crippen LogP contribution < -0.4 is 5.32 Å². The third kappa shape index (κ3) is 3.16. The first-order chi connectivity index (χ1) is 10.6. The molecule has 0 saturated carbocycles. The van der Waals surface area contributed by atoms with Crippen LogP contribution in [0.2, 0.25) is 0 Å². The van der Waals surface area contributed by atoms with Gasteiger partial charge in [-0.25, -0.2) is 4.39 Å². The Labute approximate surface area is 131 Å². The van der Waals surface area contributed by atoms with Gasteiger partial charge in [0.05, 0.1) is 5.41 Å². The minimum atomic E-state index is -4.62. The smallest absolute Gasteiger partial charge is 0.381 e. The van der Waals surface area contributed by atoms with E-state index < -0.39 is 41.4 Å². The average molecular weight is 331 g/mol. The normalized spacial score (nSPS) is 27.7. The maximum atomic E-state index is 14.0. The monoisotopic (exact) mass is 331 g/mol. The van der Waals surface area contributed by atoms with Crippen LogP contribution >= 0.6 is 0 Å². The summed E-state index contributed by atoms with van der Waals surface area (Å²) in [6.45, 7) is 2.48. The van der Waals surface area contributed by atoms with Gasteiger partial charge < -0.3 is 5.11 Å². The lowest BCUT2D eigenvalue weighted by atomic mass is 9.79. The van der Waals surface area contributed by atoms with Crippen LogP contribution in [0.25, 0.3) is 0 Å². The number of hydrogen-bond donors (Lipinski definition) is 2. The van der Waals surface area contributed by atoms with Gasteiger partial charge >= 0.3 is 6.18 Å². The molecular formula is C16H17F4NO2. The van der Waals surface area contributed by atoms with Gasteiger partial charge in [-0.15, -0.1) is 0 Å². The quantitative estimate of drug-likeness (QED) is 0.834. The second kappa shape index (κ2) is 6.05. The van der Waals surface area contributed by atoms with E-state index in [0.29, 0.717) is 0 Å². The standard InChI is InChI=1S/C16H17F4NO2/c1-9(15(2)12(17)8-11(22)14(15)23)21-13(16(18,19)20)10-6-4-3-5-7-10/h3-9,11,13,21-22H,1-2H3/t9-,11?,13+,15+/m0/s1. The van der Waals surface area contributed by atoms with E-state index >= 15 is 0 Å². The van der Waals surface area contributed by atoms with E-state index in [1.54, 1.807) is 6.07 Å². The predicted molar refractivity (Wildman–Crippen MR) is 76.1 cm³/mol. The molecule has 0 fully saturated rings. The first-order valence-corrected chi connectivity index (χ1v) is 7.06. The molecule has 0 spiro atoms. The molecule has 1 unspecified atom stereocenters. The van der Waals surface area contributed by atoms with Crippen LogP contribution in [0.3, 0.4) is 0 Å². The van der Waals surface area contributed by atoms with E-state index in [4.69, 9.17) is 0 Å². The van der Waals surface area contributed by atoms with Crippen LogP contribution in [0.5, 0.6) is 0 Å². The highest BCUT2D eigenvalue weighted by Gasteiger charge is 2.52. The number of ketones is 1. The number of nitrogens with one attached hydrogen (secondary N) is 1. The number of rotatable bonds is 4. The largest absolute Gasteiger partial charge is 0.407 e. The molecule has 126 valence electrons. The molecule has 0 aromatic heterocycles. The van der Waals surface area contributed by atoms with Crippen molar-refractivity contribution in [1.29, 1.82) is 0 Å². The van der Waals surface area contributed by atoms with E-state index in [-0.39, 0.29) is 5.56 Å². The molecule has 3 nitrogen and oxygen atoms in total. The van der Waals surface area contributed by atoms with Crippen LogP contribution in [-0.2, 0) is 4.79 Å². The summed E-state index contributed by atoms with van der Waals surface area (Å²) in [6, 6.07) is 3.90.